The molecule has 0 bridgehead atoms. The number of carbonyl (C=O) groups is 1. The van der Waals surface area contributed by atoms with Crippen LogP contribution in [0.15, 0.2) is 12.1 Å². The van der Waals surface area contributed by atoms with E-state index in [1.807, 2.05) is 27.7 Å². The summed E-state index contributed by atoms with van der Waals surface area (Å²) >= 11 is 0. The Balaban J connectivity index is 2.11. The molecular formula is C17H25NO3. The number of rotatable bonds is 4. The van der Waals surface area contributed by atoms with Crippen LogP contribution in [0.3, 0.4) is 0 Å². The van der Waals surface area contributed by atoms with Gasteiger partial charge in [0.05, 0.1) is 25.4 Å². The molecule has 0 aromatic heterocycles. The van der Waals surface area contributed by atoms with Gasteiger partial charge < -0.3 is 9.84 Å². The first-order valence-corrected chi connectivity index (χ1v) is 7.50. The number of benzene rings is 1. The fourth-order valence-corrected chi connectivity index (χ4v) is 3.27. The average molecular weight is 291 g/mol. The van der Waals surface area contributed by atoms with Crippen molar-refractivity contribution in [3.63, 3.8) is 0 Å². The van der Waals surface area contributed by atoms with Gasteiger partial charge in [0.15, 0.2) is 5.78 Å². The third-order valence-electron chi connectivity index (χ3n) is 3.93. The first-order chi connectivity index (χ1) is 9.90. The summed E-state index contributed by atoms with van der Waals surface area (Å²) in [5.41, 5.74) is 4.09. The summed E-state index contributed by atoms with van der Waals surface area (Å²) < 4.78 is 5.61. The van der Waals surface area contributed by atoms with Gasteiger partial charge in [-0.15, -0.1) is 0 Å². The average Bonchev–Trinajstić information content (AvgIpc) is 2.36. The standard InChI is InChI=1S/C17H25NO3/c1-11-5-12(2)17(13(3)6-11)16(20)9-18-7-14(4)21-15(8-18)10-19/h5-6,14-15,19H,7-10H2,1-4H3. The quantitative estimate of drug-likeness (QED) is 0.861. The monoisotopic (exact) mass is 291 g/mol. The van der Waals surface area contributed by atoms with Gasteiger partial charge in [-0.25, -0.2) is 0 Å². The lowest BCUT2D eigenvalue weighted by molar-refractivity contribution is -0.0926. The second-order valence-electron chi connectivity index (χ2n) is 6.14. The normalized spacial score (nSPS) is 23.3. The Labute approximate surface area is 126 Å². The molecule has 1 aromatic carbocycles. The third kappa shape index (κ3) is 3.90. The lowest BCUT2D eigenvalue weighted by Gasteiger charge is -2.35. The molecule has 0 radical (unpaired) electrons. The molecule has 4 heteroatoms. The Morgan fingerprint density at radius 3 is 2.48 bits per heavy atom. The third-order valence-corrected chi connectivity index (χ3v) is 3.93. The molecule has 2 rings (SSSR count). The minimum Gasteiger partial charge on any atom is -0.394 e. The number of hydrogen-bond acceptors (Lipinski definition) is 4. The van der Waals surface area contributed by atoms with Crippen molar-refractivity contribution in [2.45, 2.75) is 39.9 Å². The van der Waals surface area contributed by atoms with Crippen LogP contribution in [0.2, 0.25) is 0 Å². The van der Waals surface area contributed by atoms with Crippen LogP contribution < -0.4 is 0 Å². The number of aliphatic hydroxyl groups is 1. The summed E-state index contributed by atoms with van der Waals surface area (Å²) in [5.74, 6) is 0.149. The fraction of sp³-hybridized carbons (Fsp3) is 0.588. The molecule has 0 aliphatic carbocycles. The second kappa shape index (κ2) is 6.69. The van der Waals surface area contributed by atoms with E-state index in [-0.39, 0.29) is 24.6 Å². The van der Waals surface area contributed by atoms with E-state index in [1.165, 1.54) is 5.56 Å². The highest BCUT2D eigenvalue weighted by Crippen LogP contribution is 2.18. The van der Waals surface area contributed by atoms with Crippen LogP contribution in [-0.2, 0) is 4.74 Å². The van der Waals surface area contributed by atoms with E-state index in [4.69, 9.17) is 4.74 Å². The molecule has 0 amide bonds. The molecule has 1 N–H and O–H groups in total. The first kappa shape index (κ1) is 16.1. The molecule has 1 fully saturated rings. The number of carbonyl (C=O) groups excluding carboxylic acids is 1. The van der Waals surface area contributed by atoms with Crippen molar-refractivity contribution in [3.8, 4) is 0 Å². The van der Waals surface area contributed by atoms with E-state index in [0.29, 0.717) is 13.1 Å². The predicted molar refractivity (Wildman–Crippen MR) is 82.8 cm³/mol. The van der Waals surface area contributed by atoms with Crippen molar-refractivity contribution in [2.75, 3.05) is 26.2 Å². The fourth-order valence-electron chi connectivity index (χ4n) is 3.27. The summed E-state index contributed by atoms with van der Waals surface area (Å²) in [4.78, 5) is 14.7. The molecule has 0 saturated carbocycles. The van der Waals surface area contributed by atoms with Gasteiger partial charge in [0.2, 0.25) is 0 Å². The van der Waals surface area contributed by atoms with Gasteiger partial charge in [-0.1, -0.05) is 17.7 Å². The van der Waals surface area contributed by atoms with E-state index in [2.05, 4.69) is 17.0 Å². The largest absolute Gasteiger partial charge is 0.394 e. The molecule has 1 aliphatic rings. The molecular weight excluding hydrogens is 266 g/mol. The number of aliphatic hydroxyl groups excluding tert-OH is 1. The number of aryl methyl sites for hydroxylation is 3. The van der Waals surface area contributed by atoms with Gasteiger partial charge in [0.1, 0.15) is 0 Å². The zero-order chi connectivity index (χ0) is 15.6. The van der Waals surface area contributed by atoms with Gasteiger partial charge in [-0.2, -0.15) is 0 Å². The van der Waals surface area contributed by atoms with Crippen LogP contribution in [-0.4, -0.2) is 54.2 Å². The van der Waals surface area contributed by atoms with Crippen LogP contribution in [0.25, 0.3) is 0 Å². The minimum atomic E-state index is -0.193. The van der Waals surface area contributed by atoms with Crippen molar-refractivity contribution in [1.82, 2.24) is 4.90 Å². The van der Waals surface area contributed by atoms with Crippen molar-refractivity contribution >= 4 is 5.78 Å². The van der Waals surface area contributed by atoms with Gasteiger partial charge in [0.25, 0.3) is 0 Å². The van der Waals surface area contributed by atoms with E-state index >= 15 is 0 Å². The highest BCUT2D eigenvalue weighted by molar-refractivity contribution is 6.00. The van der Waals surface area contributed by atoms with E-state index in [1.54, 1.807) is 0 Å². The van der Waals surface area contributed by atoms with E-state index < -0.39 is 0 Å². The second-order valence-corrected chi connectivity index (χ2v) is 6.14. The Bertz CT molecular complexity index is 504. The number of hydrogen-bond donors (Lipinski definition) is 1. The summed E-state index contributed by atoms with van der Waals surface area (Å²) in [6.45, 7) is 9.72. The van der Waals surface area contributed by atoms with Crippen LogP contribution >= 0.6 is 0 Å². The highest BCUT2D eigenvalue weighted by Gasteiger charge is 2.26. The predicted octanol–water partition coefficient (Wildman–Crippen LogP) is 1.88. The SMILES string of the molecule is Cc1cc(C)c(C(=O)CN2CC(C)OC(CO)C2)c(C)c1. The number of ether oxygens (including phenoxy) is 1. The molecule has 21 heavy (non-hydrogen) atoms. The summed E-state index contributed by atoms with van der Waals surface area (Å²) in [6, 6.07) is 4.11. The molecule has 0 spiro atoms. The zero-order valence-electron chi connectivity index (χ0n) is 13.3. The summed E-state index contributed by atoms with van der Waals surface area (Å²) in [7, 11) is 0. The highest BCUT2D eigenvalue weighted by atomic mass is 16.5. The topological polar surface area (TPSA) is 49.8 Å². The number of morpholine rings is 1. The molecule has 116 valence electrons. The van der Waals surface area contributed by atoms with Crippen LogP contribution in [0.4, 0.5) is 0 Å². The van der Waals surface area contributed by atoms with Crippen molar-refractivity contribution in [2.24, 2.45) is 0 Å². The molecule has 1 saturated heterocycles. The number of nitrogens with zero attached hydrogens (tertiary/aromatic N) is 1. The van der Waals surface area contributed by atoms with Crippen LogP contribution in [0, 0.1) is 20.8 Å². The maximum absolute atomic E-state index is 12.6. The molecule has 2 unspecified atom stereocenters. The Kier molecular flexibility index (Phi) is 5.14. The molecule has 1 heterocycles. The molecule has 4 nitrogen and oxygen atoms in total. The Morgan fingerprint density at radius 2 is 1.90 bits per heavy atom. The van der Waals surface area contributed by atoms with Crippen LogP contribution in [0.5, 0.6) is 0 Å². The smallest absolute Gasteiger partial charge is 0.177 e. The van der Waals surface area contributed by atoms with E-state index in [0.717, 1.165) is 23.2 Å². The van der Waals surface area contributed by atoms with Crippen molar-refractivity contribution in [3.05, 3.63) is 34.4 Å². The Morgan fingerprint density at radius 1 is 1.29 bits per heavy atom. The molecule has 2 atom stereocenters. The Hall–Kier alpha value is -1.23. The maximum atomic E-state index is 12.6. The van der Waals surface area contributed by atoms with Crippen molar-refractivity contribution < 1.29 is 14.6 Å². The van der Waals surface area contributed by atoms with Crippen LogP contribution in [0.1, 0.15) is 34.0 Å². The lowest BCUT2D eigenvalue weighted by atomic mass is 9.96. The van der Waals surface area contributed by atoms with Gasteiger partial charge in [-0.05, 0) is 38.8 Å². The van der Waals surface area contributed by atoms with Gasteiger partial charge >= 0.3 is 0 Å². The minimum absolute atomic E-state index is 0.00236. The number of Topliss-reactive ketones (excluding diaryl/α,β-unsaturated/α-hetero) is 1. The van der Waals surface area contributed by atoms with E-state index in [9.17, 15) is 9.90 Å². The molecule has 1 aliphatic heterocycles. The molecule has 1 aromatic rings. The summed E-state index contributed by atoms with van der Waals surface area (Å²) in [6.07, 6.45) is -0.148. The van der Waals surface area contributed by atoms with Gasteiger partial charge in [0, 0.05) is 18.7 Å². The lowest BCUT2D eigenvalue weighted by Crippen LogP contribution is -2.49. The van der Waals surface area contributed by atoms with Gasteiger partial charge in [-0.3, -0.25) is 9.69 Å². The summed E-state index contributed by atoms with van der Waals surface area (Å²) in [5, 5.41) is 9.26. The van der Waals surface area contributed by atoms with Crippen molar-refractivity contribution in [1.29, 1.82) is 0 Å². The zero-order valence-corrected chi connectivity index (χ0v) is 13.3. The maximum Gasteiger partial charge on any atom is 0.177 e. The first-order valence-electron chi connectivity index (χ1n) is 7.50. The number of ketones is 1.